The summed E-state index contributed by atoms with van der Waals surface area (Å²) in [4.78, 5) is 10.7. The first-order chi connectivity index (χ1) is 6.62. The highest BCUT2D eigenvalue weighted by Crippen LogP contribution is 2.26. The number of hydrogen-bond acceptors (Lipinski definition) is 3. The lowest BCUT2D eigenvalue weighted by molar-refractivity contribution is -0.140. The third kappa shape index (κ3) is 1.55. The van der Waals surface area contributed by atoms with E-state index in [2.05, 4.69) is 26.3 Å². The fraction of sp³-hybridized carbons (Fsp3) is 0.500. The maximum Gasteiger partial charge on any atom is 0.305 e. The van der Waals surface area contributed by atoms with E-state index in [1.165, 1.54) is 0 Å². The number of nitrogens with zero attached hydrogens (tertiary/aromatic N) is 2. The van der Waals surface area contributed by atoms with Gasteiger partial charge in [0, 0.05) is 19.3 Å². The van der Waals surface area contributed by atoms with Crippen LogP contribution in [0.4, 0.5) is 0 Å². The number of carboxylic acid groups (broad SMARTS) is 1. The van der Waals surface area contributed by atoms with E-state index < -0.39 is 5.97 Å². The predicted octanol–water partition coefficient (Wildman–Crippen LogP) is 0.419. The molecule has 1 aliphatic heterocycles. The van der Waals surface area contributed by atoms with Crippen LogP contribution in [0.1, 0.15) is 6.42 Å². The van der Waals surface area contributed by atoms with Crippen LogP contribution in [0.25, 0.3) is 0 Å². The molecule has 76 valence electrons. The largest absolute Gasteiger partial charge is 0.481 e. The van der Waals surface area contributed by atoms with E-state index in [1.54, 1.807) is 10.9 Å². The topological polar surface area (TPSA) is 67.1 Å². The first kappa shape index (κ1) is 9.67. The van der Waals surface area contributed by atoms with Gasteiger partial charge in [-0.2, -0.15) is 5.10 Å². The third-order valence-electron chi connectivity index (χ3n) is 2.43. The summed E-state index contributed by atoms with van der Waals surface area (Å²) in [6.07, 6.45) is 3.58. The summed E-state index contributed by atoms with van der Waals surface area (Å²) < 4.78 is 2.59. The number of nitrogens with one attached hydrogen (secondary N) is 1. The quantitative estimate of drug-likeness (QED) is 0.826. The van der Waals surface area contributed by atoms with Crippen LogP contribution in [0.2, 0.25) is 0 Å². The highest BCUT2D eigenvalue weighted by Gasteiger charge is 2.41. The van der Waals surface area contributed by atoms with Crippen molar-refractivity contribution in [3.63, 3.8) is 0 Å². The van der Waals surface area contributed by atoms with E-state index in [9.17, 15) is 4.79 Å². The number of aliphatic carboxylic acids is 1. The molecule has 0 aliphatic carbocycles. The molecule has 2 N–H and O–H groups in total. The molecule has 0 radical (unpaired) electrons. The summed E-state index contributed by atoms with van der Waals surface area (Å²) >= 11 is 3.29. The van der Waals surface area contributed by atoms with Crippen molar-refractivity contribution in [1.29, 1.82) is 0 Å². The van der Waals surface area contributed by atoms with E-state index in [-0.39, 0.29) is 12.0 Å². The first-order valence-corrected chi connectivity index (χ1v) is 5.05. The lowest BCUT2D eigenvalue weighted by atomic mass is 9.89. The Labute approximate surface area is 89.2 Å². The van der Waals surface area contributed by atoms with Gasteiger partial charge >= 0.3 is 5.97 Å². The minimum atomic E-state index is -0.793. The van der Waals surface area contributed by atoms with Crippen LogP contribution in [-0.2, 0) is 10.3 Å². The fourth-order valence-corrected chi connectivity index (χ4v) is 1.91. The molecule has 0 amide bonds. The molecule has 1 aromatic rings. The summed E-state index contributed by atoms with van der Waals surface area (Å²) in [6.45, 7) is 1.32. The molecule has 1 fully saturated rings. The molecular formula is C8H10BrN3O2. The van der Waals surface area contributed by atoms with E-state index in [0.29, 0.717) is 13.1 Å². The molecule has 0 spiro atoms. The van der Waals surface area contributed by atoms with Gasteiger partial charge in [0.05, 0.1) is 22.6 Å². The molecule has 2 rings (SSSR count). The molecule has 14 heavy (non-hydrogen) atoms. The van der Waals surface area contributed by atoms with Crippen LogP contribution >= 0.6 is 15.9 Å². The molecule has 1 aromatic heterocycles. The summed E-state index contributed by atoms with van der Waals surface area (Å²) in [6, 6.07) is 0. The Bertz CT molecular complexity index is 359. The van der Waals surface area contributed by atoms with Gasteiger partial charge in [-0.25, -0.2) is 0 Å². The van der Waals surface area contributed by atoms with Gasteiger partial charge in [0.1, 0.15) is 0 Å². The smallest absolute Gasteiger partial charge is 0.305 e. The van der Waals surface area contributed by atoms with E-state index in [1.807, 2.05) is 6.20 Å². The Balaban J connectivity index is 2.24. The molecular weight excluding hydrogens is 250 g/mol. The third-order valence-corrected chi connectivity index (χ3v) is 2.83. The van der Waals surface area contributed by atoms with Crippen molar-refractivity contribution >= 4 is 21.9 Å². The molecule has 0 bridgehead atoms. The lowest BCUT2D eigenvalue weighted by Crippen LogP contribution is -2.61. The number of rotatable bonds is 3. The van der Waals surface area contributed by atoms with Crippen molar-refractivity contribution < 1.29 is 9.90 Å². The van der Waals surface area contributed by atoms with Gasteiger partial charge in [-0.05, 0) is 15.9 Å². The Morgan fingerprint density at radius 1 is 1.79 bits per heavy atom. The highest BCUT2D eigenvalue weighted by molar-refractivity contribution is 9.10. The zero-order valence-electron chi connectivity index (χ0n) is 7.40. The zero-order chi connectivity index (χ0) is 10.2. The van der Waals surface area contributed by atoms with Crippen LogP contribution in [0, 0.1) is 0 Å². The van der Waals surface area contributed by atoms with Crippen molar-refractivity contribution in [3.05, 3.63) is 16.9 Å². The van der Waals surface area contributed by atoms with Crippen LogP contribution in [-0.4, -0.2) is 33.9 Å². The molecule has 6 heteroatoms. The van der Waals surface area contributed by atoms with Gasteiger partial charge in [-0.15, -0.1) is 0 Å². The van der Waals surface area contributed by atoms with Gasteiger partial charge in [0.25, 0.3) is 0 Å². The summed E-state index contributed by atoms with van der Waals surface area (Å²) in [5.74, 6) is -0.793. The predicted molar refractivity (Wildman–Crippen MR) is 53.0 cm³/mol. The highest BCUT2D eigenvalue weighted by atomic mass is 79.9. The molecule has 0 saturated carbocycles. The van der Waals surface area contributed by atoms with Crippen molar-refractivity contribution in [2.24, 2.45) is 0 Å². The van der Waals surface area contributed by atoms with Gasteiger partial charge in [-0.1, -0.05) is 0 Å². The molecule has 1 aliphatic rings. The Kier molecular flexibility index (Phi) is 2.32. The standard InChI is InChI=1S/C8H10BrN3O2/c9-6-2-11-12(3-6)8(1-7(13)14)4-10-5-8/h2-3,10H,1,4-5H2,(H,13,14). The van der Waals surface area contributed by atoms with Gasteiger partial charge in [-0.3, -0.25) is 9.48 Å². The second kappa shape index (κ2) is 3.36. The maximum atomic E-state index is 10.7. The number of halogens is 1. The Morgan fingerprint density at radius 3 is 2.86 bits per heavy atom. The van der Waals surface area contributed by atoms with Crippen LogP contribution in [0.5, 0.6) is 0 Å². The molecule has 0 aromatic carbocycles. The number of carbonyl (C=O) groups is 1. The van der Waals surface area contributed by atoms with Gasteiger partial charge in [0.2, 0.25) is 0 Å². The lowest BCUT2D eigenvalue weighted by Gasteiger charge is -2.41. The van der Waals surface area contributed by atoms with Crippen LogP contribution in [0.15, 0.2) is 16.9 Å². The summed E-state index contributed by atoms with van der Waals surface area (Å²) in [7, 11) is 0. The van der Waals surface area contributed by atoms with Gasteiger partial charge in [0.15, 0.2) is 0 Å². The number of carboxylic acids is 1. The van der Waals surface area contributed by atoms with Crippen molar-refractivity contribution in [2.45, 2.75) is 12.0 Å². The minimum Gasteiger partial charge on any atom is -0.481 e. The zero-order valence-corrected chi connectivity index (χ0v) is 8.99. The number of aromatic nitrogens is 2. The maximum absolute atomic E-state index is 10.7. The van der Waals surface area contributed by atoms with Crippen LogP contribution < -0.4 is 5.32 Å². The van der Waals surface area contributed by atoms with E-state index >= 15 is 0 Å². The number of hydrogen-bond donors (Lipinski definition) is 2. The minimum absolute atomic E-state index is 0.105. The monoisotopic (exact) mass is 259 g/mol. The van der Waals surface area contributed by atoms with E-state index in [4.69, 9.17) is 5.11 Å². The summed E-state index contributed by atoms with van der Waals surface area (Å²) in [5, 5.41) is 16.0. The molecule has 2 heterocycles. The second-order valence-corrected chi connectivity index (χ2v) is 4.42. The summed E-state index contributed by atoms with van der Waals surface area (Å²) in [5.41, 5.74) is -0.377. The van der Waals surface area contributed by atoms with Gasteiger partial charge < -0.3 is 10.4 Å². The van der Waals surface area contributed by atoms with E-state index in [0.717, 1.165) is 4.47 Å². The van der Waals surface area contributed by atoms with Crippen molar-refractivity contribution in [1.82, 2.24) is 15.1 Å². The average molecular weight is 260 g/mol. The molecule has 0 atom stereocenters. The normalized spacial score (nSPS) is 18.9. The second-order valence-electron chi connectivity index (χ2n) is 3.50. The molecule has 1 saturated heterocycles. The Morgan fingerprint density at radius 2 is 2.50 bits per heavy atom. The molecule has 5 nitrogen and oxygen atoms in total. The average Bonchev–Trinajstić information content (AvgIpc) is 2.44. The van der Waals surface area contributed by atoms with Crippen molar-refractivity contribution in [2.75, 3.05) is 13.1 Å². The SMILES string of the molecule is O=C(O)CC1(n2cc(Br)cn2)CNC1. The van der Waals surface area contributed by atoms with Crippen LogP contribution in [0.3, 0.4) is 0 Å². The first-order valence-electron chi connectivity index (χ1n) is 4.26. The fourth-order valence-electron chi connectivity index (χ4n) is 1.62. The Hall–Kier alpha value is -0.880. The van der Waals surface area contributed by atoms with Crippen molar-refractivity contribution in [3.8, 4) is 0 Å². The molecule has 0 unspecified atom stereocenters.